The topological polar surface area (TPSA) is 90.0 Å². The molecule has 0 aliphatic rings. The van der Waals surface area contributed by atoms with Gasteiger partial charge in [-0.15, -0.1) is 10.2 Å². The van der Waals surface area contributed by atoms with Gasteiger partial charge in [-0.25, -0.2) is 0 Å². The van der Waals surface area contributed by atoms with E-state index in [1.807, 2.05) is 23.6 Å². The van der Waals surface area contributed by atoms with E-state index in [0.717, 1.165) is 6.54 Å². The first-order valence-corrected chi connectivity index (χ1v) is 10.3. The van der Waals surface area contributed by atoms with Gasteiger partial charge in [-0.2, -0.15) is 0 Å². The van der Waals surface area contributed by atoms with Crippen molar-refractivity contribution in [2.45, 2.75) is 44.6 Å². The number of furan rings is 1. The van der Waals surface area contributed by atoms with Crippen molar-refractivity contribution in [2.75, 3.05) is 5.32 Å². The highest BCUT2D eigenvalue weighted by molar-refractivity contribution is 8.00. The largest absolute Gasteiger partial charge is 0.461 e. The highest BCUT2D eigenvalue weighted by Crippen LogP contribution is 2.29. The van der Waals surface area contributed by atoms with Crippen LogP contribution < -0.4 is 5.32 Å². The van der Waals surface area contributed by atoms with Gasteiger partial charge >= 0.3 is 0 Å². The van der Waals surface area contributed by atoms with Crippen molar-refractivity contribution in [2.24, 2.45) is 5.92 Å². The summed E-state index contributed by atoms with van der Waals surface area (Å²) in [5.41, 5.74) is 1.24. The summed E-state index contributed by atoms with van der Waals surface area (Å²) in [5, 5.41) is 11.6. The molecule has 0 bridgehead atoms. The van der Waals surface area contributed by atoms with Crippen molar-refractivity contribution in [3.05, 3.63) is 48.2 Å². The molecule has 152 valence electrons. The molecule has 0 saturated carbocycles. The van der Waals surface area contributed by atoms with Gasteiger partial charge in [0.2, 0.25) is 5.91 Å². The number of hydrogen-bond donors (Lipinski definition) is 1. The smallest absolute Gasteiger partial charge is 0.221 e. The lowest BCUT2D eigenvalue weighted by atomic mass is 10.1. The molecule has 0 aliphatic heterocycles. The maximum Gasteiger partial charge on any atom is 0.221 e. The Morgan fingerprint density at radius 3 is 2.45 bits per heavy atom. The first-order valence-electron chi connectivity index (χ1n) is 9.40. The van der Waals surface area contributed by atoms with Gasteiger partial charge in [0.25, 0.3) is 0 Å². The normalized spacial score (nSPS) is 12.2. The third-order valence-corrected chi connectivity index (χ3v) is 5.23. The second kappa shape index (κ2) is 9.09. The molecule has 2 aromatic heterocycles. The Hall–Kier alpha value is -2.87. The van der Waals surface area contributed by atoms with Crippen LogP contribution in [0.15, 0.2) is 52.2 Å². The molecule has 3 aromatic rings. The molecule has 1 atom stereocenters. The van der Waals surface area contributed by atoms with Gasteiger partial charge in [0, 0.05) is 24.7 Å². The number of nitrogens with one attached hydrogen (secondary N) is 1. The molecule has 0 aliphatic carbocycles. The zero-order valence-electron chi connectivity index (χ0n) is 16.9. The van der Waals surface area contributed by atoms with Crippen LogP contribution in [0.5, 0.6) is 0 Å². The molecule has 1 N–H and O–H groups in total. The van der Waals surface area contributed by atoms with Gasteiger partial charge in [0.1, 0.15) is 0 Å². The van der Waals surface area contributed by atoms with Crippen LogP contribution >= 0.6 is 11.8 Å². The molecule has 1 unspecified atom stereocenters. The number of hydrogen-bond acceptors (Lipinski definition) is 6. The van der Waals surface area contributed by atoms with Gasteiger partial charge in [0.15, 0.2) is 22.5 Å². The number of thioether (sulfide) groups is 1. The van der Waals surface area contributed by atoms with Crippen LogP contribution in [0, 0.1) is 5.92 Å². The molecule has 3 rings (SSSR count). The third kappa shape index (κ3) is 5.14. The summed E-state index contributed by atoms with van der Waals surface area (Å²) >= 11 is 1.38. The fourth-order valence-corrected chi connectivity index (χ4v) is 3.80. The maximum atomic E-state index is 12.9. The predicted octanol–water partition coefficient (Wildman–Crippen LogP) is 4.52. The lowest BCUT2D eigenvalue weighted by Gasteiger charge is -2.14. The van der Waals surface area contributed by atoms with Crippen molar-refractivity contribution >= 4 is 29.1 Å². The van der Waals surface area contributed by atoms with Crippen LogP contribution in [0.2, 0.25) is 0 Å². The number of rotatable bonds is 8. The van der Waals surface area contributed by atoms with E-state index in [1.54, 1.807) is 30.5 Å². The monoisotopic (exact) mass is 412 g/mol. The summed E-state index contributed by atoms with van der Waals surface area (Å²) in [6.45, 7) is 8.26. The maximum absolute atomic E-state index is 12.9. The van der Waals surface area contributed by atoms with Crippen LogP contribution in [0.3, 0.4) is 0 Å². The molecule has 0 saturated heterocycles. The first kappa shape index (κ1) is 20.9. The van der Waals surface area contributed by atoms with Gasteiger partial charge in [0.05, 0.1) is 11.5 Å². The minimum atomic E-state index is -0.346. The fraction of sp³-hybridized carbons (Fsp3) is 0.333. The minimum absolute atomic E-state index is 0.0111. The molecule has 1 aromatic carbocycles. The van der Waals surface area contributed by atoms with Crippen LogP contribution in [0.1, 0.15) is 38.1 Å². The van der Waals surface area contributed by atoms with E-state index in [-0.39, 0.29) is 16.9 Å². The second-order valence-electron chi connectivity index (χ2n) is 7.17. The Labute approximate surface area is 173 Å². The number of amides is 1. The number of ketones is 1. The predicted molar refractivity (Wildman–Crippen MR) is 113 cm³/mol. The number of anilines is 1. The summed E-state index contributed by atoms with van der Waals surface area (Å²) in [7, 11) is 0. The second-order valence-corrected chi connectivity index (χ2v) is 8.48. The molecule has 2 heterocycles. The number of benzene rings is 1. The molecular weight excluding hydrogens is 388 g/mol. The van der Waals surface area contributed by atoms with E-state index >= 15 is 0 Å². The van der Waals surface area contributed by atoms with E-state index in [2.05, 4.69) is 29.4 Å². The SMILES string of the molecule is CC(=O)Nc1ccc(C(=O)C(C)Sc2nnc(-c3ccco3)n2CC(C)C)cc1. The average molecular weight is 413 g/mol. The van der Waals surface area contributed by atoms with Crippen molar-refractivity contribution < 1.29 is 14.0 Å². The van der Waals surface area contributed by atoms with Crippen molar-refractivity contribution in [3.8, 4) is 11.6 Å². The highest BCUT2D eigenvalue weighted by atomic mass is 32.2. The summed E-state index contributed by atoms with van der Waals surface area (Å²) in [6, 6.07) is 10.5. The van der Waals surface area contributed by atoms with Crippen LogP contribution in [-0.4, -0.2) is 31.7 Å². The number of Topliss-reactive ketones (excluding diaryl/α,β-unsaturated/α-hetero) is 1. The van der Waals surface area contributed by atoms with Crippen LogP contribution in [-0.2, 0) is 11.3 Å². The molecule has 1 amide bonds. The van der Waals surface area contributed by atoms with E-state index in [9.17, 15) is 9.59 Å². The lowest BCUT2D eigenvalue weighted by molar-refractivity contribution is -0.114. The van der Waals surface area contributed by atoms with Crippen LogP contribution in [0.25, 0.3) is 11.6 Å². The van der Waals surface area contributed by atoms with Gasteiger partial charge in [-0.3, -0.25) is 14.2 Å². The molecule has 0 fully saturated rings. The highest BCUT2D eigenvalue weighted by Gasteiger charge is 2.23. The third-order valence-electron chi connectivity index (χ3n) is 4.15. The summed E-state index contributed by atoms with van der Waals surface area (Å²) in [4.78, 5) is 24.0. The van der Waals surface area contributed by atoms with Crippen molar-refractivity contribution in [3.63, 3.8) is 0 Å². The van der Waals surface area contributed by atoms with Gasteiger partial charge in [-0.05, 0) is 49.2 Å². The lowest BCUT2D eigenvalue weighted by Crippen LogP contribution is -2.16. The van der Waals surface area contributed by atoms with Gasteiger partial charge < -0.3 is 9.73 Å². The molecular formula is C21H24N4O3S. The molecule has 29 heavy (non-hydrogen) atoms. The molecule has 0 spiro atoms. The Balaban J connectivity index is 1.78. The van der Waals surface area contributed by atoms with Crippen molar-refractivity contribution in [1.29, 1.82) is 0 Å². The Morgan fingerprint density at radius 1 is 1.14 bits per heavy atom. The van der Waals surface area contributed by atoms with Gasteiger partial charge in [-0.1, -0.05) is 25.6 Å². The molecule has 8 heteroatoms. The standard InChI is InChI=1S/C21H24N4O3S/c1-13(2)12-25-20(18-6-5-11-28-18)23-24-21(25)29-14(3)19(27)16-7-9-17(10-8-16)22-15(4)26/h5-11,13-14H,12H2,1-4H3,(H,22,26). The first-order chi connectivity index (χ1) is 13.8. The van der Waals surface area contributed by atoms with Crippen molar-refractivity contribution in [1.82, 2.24) is 14.8 Å². The Morgan fingerprint density at radius 2 is 1.86 bits per heavy atom. The van der Waals surface area contributed by atoms with E-state index in [1.165, 1.54) is 18.7 Å². The quantitative estimate of drug-likeness (QED) is 0.432. The number of carbonyl (C=O) groups excluding carboxylic acids is 2. The number of nitrogens with zero attached hydrogens (tertiary/aromatic N) is 3. The minimum Gasteiger partial charge on any atom is -0.461 e. The van der Waals surface area contributed by atoms with E-state index in [4.69, 9.17) is 4.42 Å². The van der Waals surface area contributed by atoms with Crippen LogP contribution in [0.4, 0.5) is 5.69 Å². The summed E-state index contributed by atoms with van der Waals surface area (Å²) in [6.07, 6.45) is 1.60. The Kier molecular flexibility index (Phi) is 6.53. The summed E-state index contributed by atoms with van der Waals surface area (Å²) < 4.78 is 7.48. The average Bonchev–Trinajstić information content (AvgIpc) is 3.31. The Bertz CT molecular complexity index is 978. The zero-order chi connectivity index (χ0) is 21.0. The fourth-order valence-electron chi connectivity index (χ4n) is 2.86. The number of carbonyl (C=O) groups is 2. The van der Waals surface area contributed by atoms with E-state index < -0.39 is 0 Å². The molecule has 7 nitrogen and oxygen atoms in total. The molecule has 0 radical (unpaired) electrons. The van der Waals surface area contributed by atoms with E-state index in [0.29, 0.717) is 33.9 Å². The number of aromatic nitrogens is 3. The zero-order valence-corrected chi connectivity index (χ0v) is 17.7. The summed E-state index contributed by atoms with van der Waals surface area (Å²) in [5.74, 6) is 1.53.